The van der Waals surface area contributed by atoms with E-state index in [2.05, 4.69) is 15.9 Å². The van der Waals surface area contributed by atoms with Crippen molar-refractivity contribution < 1.29 is 9.53 Å². The van der Waals surface area contributed by atoms with Gasteiger partial charge in [-0.1, -0.05) is 19.3 Å². The minimum atomic E-state index is -0.572. The van der Waals surface area contributed by atoms with Gasteiger partial charge in [0, 0.05) is 46.4 Å². The van der Waals surface area contributed by atoms with Gasteiger partial charge in [-0.05, 0) is 25.7 Å². The van der Waals surface area contributed by atoms with Crippen LogP contribution in [-0.2, 0) is 9.53 Å². The molecule has 6 nitrogen and oxygen atoms in total. The maximum absolute atomic E-state index is 12.7. The van der Waals surface area contributed by atoms with Crippen LogP contribution in [0.5, 0.6) is 0 Å². The van der Waals surface area contributed by atoms with Crippen LogP contribution in [-0.4, -0.2) is 85.2 Å². The zero-order valence-corrected chi connectivity index (χ0v) is 15.6. The van der Waals surface area contributed by atoms with Crippen LogP contribution < -0.4 is 0 Å². The molecular formula is C19H32N4O2. The van der Waals surface area contributed by atoms with Gasteiger partial charge in [-0.3, -0.25) is 14.6 Å². The number of amides is 1. The zero-order valence-electron chi connectivity index (χ0n) is 15.6. The van der Waals surface area contributed by atoms with E-state index < -0.39 is 5.54 Å². The van der Waals surface area contributed by atoms with Crippen LogP contribution >= 0.6 is 0 Å². The zero-order chi connectivity index (χ0) is 17.7. The summed E-state index contributed by atoms with van der Waals surface area (Å²) in [5.41, 5.74) is -0.572. The summed E-state index contributed by atoms with van der Waals surface area (Å²) >= 11 is 0. The van der Waals surface area contributed by atoms with E-state index in [1.807, 2.05) is 7.05 Å². The standard InChI is InChI=1S/C19H32N4O2/c1-21(19(16-20)7-3-2-4-8-19)18(24)15-23-11-9-22(10-12-23)14-17-6-5-13-25-17/h17H,2-15H2,1H3. The number of hydrogen-bond donors (Lipinski definition) is 0. The van der Waals surface area contributed by atoms with Crippen molar-refractivity contribution in [2.24, 2.45) is 0 Å². The molecule has 1 saturated carbocycles. The van der Waals surface area contributed by atoms with E-state index in [1.54, 1.807) is 4.90 Å². The average molecular weight is 348 g/mol. The highest BCUT2D eigenvalue weighted by atomic mass is 16.5. The summed E-state index contributed by atoms with van der Waals surface area (Å²) < 4.78 is 5.72. The molecule has 0 radical (unpaired) electrons. The largest absolute Gasteiger partial charge is 0.377 e. The lowest BCUT2D eigenvalue weighted by molar-refractivity contribution is -0.136. The Morgan fingerprint density at radius 1 is 1.16 bits per heavy atom. The fourth-order valence-electron chi connectivity index (χ4n) is 4.40. The number of likely N-dealkylation sites (N-methyl/N-ethyl adjacent to an activating group) is 1. The molecule has 1 amide bonds. The Hall–Kier alpha value is -1.16. The van der Waals surface area contributed by atoms with Gasteiger partial charge in [0.25, 0.3) is 0 Å². The van der Waals surface area contributed by atoms with E-state index in [-0.39, 0.29) is 5.91 Å². The van der Waals surface area contributed by atoms with Gasteiger partial charge in [0.2, 0.25) is 5.91 Å². The van der Waals surface area contributed by atoms with Gasteiger partial charge >= 0.3 is 0 Å². The van der Waals surface area contributed by atoms with Crippen LogP contribution in [0, 0.1) is 11.3 Å². The third-order valence-electron chi connectivity index (χ3n) is 6.21. The Morgan fingerprint density at radius 3 is 2.44 bits per heavy atom. The van der Waals surface area contributed by atoms with Gasteiger partial charge in [0.1, 0.15) is 5.54 Å². The number of rotatable bonds is 5. The van der Waals surface area contributed by atoms with Crippen LogP contribution in [0.1, 0.15) is 44.9 Å². The summed E-state index contributed by atoms with van der Waals surface area (Å²) in [4.78, 5) is 19.2. The highest BCUT2D eigenvalue weighted by Crippen LogP contribution is 2.32. The second kappa shape index (κ2) is 8.48. The molecule has 3 rings (SSSR count). The van der Waals surface area contributed by atoms with Crippen LogP contribution in [0.25, 0.3) is 0 Å². The lowest BCUT2D eigenvalue weighted by Gasteiger charge is -2.41. The van der Waals surface area contributed by atoms with Crippen molar-refractivity contribution in [3.8, 4) is 6.07 Å². The molecule has 2 heterocycles. The summed E-state index contributed by atoms with van der Waals surface area (Å²) in [6.45, 7) is 6.22. The summed E-state index contributed by atoms with van der Waals surface area (Å²) in [6.07, 6.45) is 7.69. The van der Waals surface area contributed by atoms with Crippen LogP contribution in [0.3, 0.4) is 0 Å². The average Bonchev–Trinajstić information content (AvgIpc) is 3.16. The molecule has 1 atom stereocenters. The molecule has 0 aromatic rings. The maximum atomic E-state index is 12.7. The number of piperazine rings is 1. The van der Waals surface area contributed by atoms with Crippen molar-refractivity contribution in [1.82, 2.24) is 14.7 Å². The predicted molar refractivity (Wildman–Crippen MR) is 96.1 cm³/mol. The minimum Gasteiger partial charge on any atom is -0.377 e. The highest BCUT2D eigenvalue weighted by Gasteiger charge is 2.39. The van der Waals surface area contributed by atoms with E-state index >= 15 is 0 Å². The van der Waals surface area contributed by atoms with E-state index in [9.17, 15) is 10.1 Å². The van der Waals surface area contributed by atoms with Gasteiger partial charge < -0.3 is 9.64 Å². The number of nitrogens with zero attached hydrogens (tertiary/aromatic N) is 4. The van der Waals surface area contributed by atoms with Crippen LogP contribution in [0.15, 0.2) is 0 Å². The second-order valence-electron chi connectivity index (χ2n) is 7.87. The molecular weight excluding hydrogens is 316 g/mol. The van der Waals surface area contributed by atoms with E-state index in [4.69, 9.17) is 4.74 Å². The molecule has 0 aromatic heterocycles. The lowest BCUT2D eigenvalue weighted by atomic mass is 9.81. The van der Waals surface area contributed by atoms with Crippen molar-refractivity contribution in [2.75, 3.05) is 52.9 Å². The Kier molecular flexibility index (Phi) is 6.32. The normalized spacial score (nSPS) is 27.8. The SMILES string of the molecule is CN(C(=O)CN1CCN(CC2CCCO2)CC1)C1(C#N)CCCCC1. The second-order valence-corrected chi connectivity index (χ2v) is 7.87. The summed E-state index contributed by atoms with van der Waals surface area (Å²) in [5.74, 6) is 0.0935. The van der Waals surface area contributed by atoms with Crippen LogP contribution in [0.2, 0.25) is 0 Å². The Morgan fingerprint density at radius 2 is 1.84 bits per heavy atom. The molecule has 6 heteroatoms. The first-order chi connectivity index (χ1) is 12.1. The highest BCUT2D eigenvalue weighted by molar-refractivity contribution is 5.79. The first kappa shape index (κ1) is 18.6. The number of carbonyl (C=O) groups excluding carboxylic acids is 1. The molecule has 1 aliphatic carbocycles. The molecule has 1 unspecified atom stereocenters. The molecule has 2 saturated heterocycles. The van der Waals surface area contributed by atoms with Crippen molar-refractivity contribution in [2.45, 2.75) is 56.6 Å². The molecule has 0 bridgehead atoms. The van der Waals surface area contributed by atoms with Crippen molar-refractivity contribution in [3.63, 3.8) is 0 Å². The van der Waals surface area contributed by atoms with Crippen molar-refractivity contribution in [1.29, 1.82) is 5.26 Å². The van der Waals surface area contributed by atoms with Gasteiger partial charge in [0.05, 0.1) is 18.7 Å². The third-order valence-corrected chi connectivity index (χ3v) is 6.21. The molecule has 2 aliphatic heterocycles. The minimum absolute atomic E-state index is 0.0935. The van der Waals surface area contributed by atoms with E-state index in [0.29, 0.717) is 12.6 Å². The summed E-state index contributed by atoms with van der Waals surface area (Å²) in [5, 5.41) is 9.66. The lowest BCUT2D eigenvalue weighted by Crippen LogP contribution is -2.55. The Labute approximate surface area is 151 Å². The number of ether oxygens (including phenoxy) is 1. The van der Waals surface area contributed by atoms with E-state index in [1.165, 1.54) is 19.3 Å². The van der Waals surface area contributed by atoms with Crippen molar-refractivity contribution >= 4 is 5.91 Å². The molecule has 0 N–H and O–H groups in total. The third kappa shape index (κ3) is 4.52. The molecule has 25 heavy (non-hydrogen) atoms. The first-order valence-corrected chi connectivity index (χ1v) is 9.87. The monoisotopic (exact) mass is 348 g/mol. The van der Waals surface area contributed by atoms with Gasteiger partial charge in [-0.2, -0.15) is 5.26 Å². The molecule has 0 spiro atoms. The topological polar surface area (TPSA) is 59.8 Å². The fourth-order valence-corrected chi connectivity index (χ4v) is 4.40. The molecule has 3 aliphatic rings. The first-order valence-electron chi connectivity index (χ1n) is 9.87. The quantitative estimate of drug-likeness (QED) is 0.753. The Balaban J connectivity index is 1.44. The van der Waals surface area contributed by atoms with Crippen molar-refractivity contribution in [3.05, 3.63) is 0 Å². The van der Waals surface area contributed by atoms with Crippen LogP contribution in [0.4, 0.5) is 0 Å². The Bertz CT molecular complexity index is 484. The van der Waals surface area contributed by atoms with Gasteiger partial charge in [0.15, 0.2) is 0 Å². The molecule has 0 aromatic carbocycles. The molecule has 140 valence electrons. The maximum Gasteiger partial charge on any atom is 0.237 e. The van der Waals surface area contributed by atoms with E-state index in [0.717, 1.165) is 65.0 Å². The fraction of sp³-hybridized carbons (Fsp3) is 0.895. The smallest absolute Gasteiger partial charge is 0.237 e. The van der Waals surface area contributed by atoms with Gasteiger partial charge in [-0.15, -0.1) is 0 Å². The predicted octanol–water partition coefficient (Wildman–Crippen LogP) is 1.47. The number of hydrogen-bond acceptors (Lipinski definition) is 5. The van der Waals surface area contributed by atoms with Gasteiger partial charge in [-0.25, -0.2) is 0 Å². The molecule has 3 fully saturated rings. The summed E-state index contributed by atoms with van der Waals surface area (Å²) in [7, 11) is 1.82. The number of carbonyl (C=O) groups is 1. The number of nitriles is 1. The summed E-state index contributed by atoms with van der Waals surface area (Å²) in [6, 6.07) is 2.45.